The lowest BCUT2D eigenvalue weighted by atomic mass is 9.86. The maximum absolute atomic E-state index is 4.66. The Labute approximate surface area is 153 Å². The molecule has 3 heteroatoms. The summed E-state index contributed by atoms with van der Waals surface area (Å²) < 4.78 is 0. The predicted octanol–water partition coefficient (Wildman–Crippen LogP) is 4.91. The van der Waals surface area contributed by atoms with Gasteiger partial charge in [-0.3, -0.25) is 15.0 Å². The minimum atomic E-state index is 0.184. The Kier molecular flexibility index (Phi) is 4.79. The summed E-state index contributed by atoms with van der Waals surface area (Å²) in [5.74, 6) is 0.184. The Morgan fingerprint density at radius 1 is 0.654 bits per heavy atom. The van der Waals surface area contributed by atoms with Gasteiger partial charge in [-0.15, -0.1) is 0 Å². The van der Waals surface area contributed by atoms with E-state index in [4.69, 9.17) is 0 Å². The molecular formula is C23H19N3. The molecule has 0 N–H and O–H groups in total. The molecule has 0 saturated carbocycles. The summed E-state index contributed by atoms with van der Waals surface area (Å²) in [6.07, 6.45) is 10.2. The normalized spacial score (nSPS) is 10.8. The van der Waals surface area contributed by atoms with E-state index in [2.05, 4.69) is 45.3 Å². The fourth-order valence-corrected chi connectivity index (χ4v) is 3.27. The van der Waals surface area contributed by atoms with Gasteiger partial charge in [0.2, 0.25) is 0 Å². The first-order valence-electron chi connectivity index (χ1n) is 8.71. The average Bonchev–Trinajstić information content (AvgIpc) is 2.74. The lowest BCUT2D eigenvalue weighted by Crippen LogP contribution is -2.07. The third kappa shape index (κ3) is 3.52. The number of rotatable bonds is 5. The van der Waals surface area contributed by atoms with Gasteiger partial charge in [0, 0.05) is 42.5 Å². The lowest BCUT2D eigenvalue weighted by Gasteiger charge is -2.19. The first-order valence-corrected chi connectivity index (χ1v) is 8.71. The van der Waals surface area contributed by atoms with Crippen molar-refractivity contribution in [2.45, 2.75) is 12.3 Å². The molecule has 0 aliphatic heterocycles. The van der Waals surface area contributed by atoms with E-state index in [1.54, 1.807) is 0 Å². The van der Waals surface area contributed by atoms with Crippen molar-refractivity contribution in [1.29, 1.82) is 0 Å². The Balaban J connectivity index is 1.76. The van der Waals surface area contributed by atoms with E-state index in [1.807, 2.05) is 67.4 Å². The molecule has 26 heavy (non-hydrogen) atoms. The van der Waals surface area contributed by atoms with Crippen LogP contribution in [0.5, 0.6) is 0 Å². The van der Waals surface area contributed by atoms with E-state index in [1.165, 1.54) is 16.7 Å². The van der Waals surface area contributed by atoms with E-state index in [-0.39, 0.29) is 5.92 Å². The summed E-state index contributed by atoms with van der Waals surface area (Å²) >= 11 is 0. The zero-order valence-corrected chi connectivity index (χ0v) is 14.4. The zero-order chi connectivity index (χ0) is 17.6. The van der Waals surface area contributed by atoms with Gasteiger partial charge in [0.15, 0.2) is 0 Å². The molecule has 1 aromatic carbocycles. The SMILES string of the molecule is c1ccc(-c2ncccc2CC(c2cccnc2)c2cccnc2)cc1. The number of hydrogen-bond acceptors (Lipinski definition) is 3. The molecule has 0 atom stereocenters. The van der Waals surface area contributed by atoms with Gasteiger partial charge in [0.25, 0.3) is 0 Å². The summed E-state index contributed by atoms with van der Waals surface area (Å²) in [4.78, 5) is 13.3. The molecule has 0 amide bonds. The van der Waals surface area contributed by atoms with Gasteiger partial charge in [-0.25, -0.2) is 0 Å². The predicted molar refractivity (Wildman–Crippen MR) is 104 cm³/mol. The molecule has 0 radical (unpaired) electrons. The van der Waals surface area contributed by atoms with Crippen LogP contribution in [0.3, 0.4) is 0 Å². The minimum absolute atomic E-state index is 0.184. The Hall–Kier alpha value is -3.33. The molecule has 3 aromatic heterocycles. The van der Waals surface area contributed by atoms with Crippen LogP contribution in [0.2, 0.25) is 0 Å². The second-order valence-electron chi connectivity index (χ2n) is 6.21. The van der Waals surface area contributed by atoms with Crippen LogP contribution in [0.4, 0.5) is 0 Å². The van der Waals surface area contributed by atoms with Crippen LogP contribution in [0, 0.1) is 0 Å². The summed E-state index contributed by atoms with van der Waals surface area (Å²) in [6.45, 7) is 0. The van der Waals surface area contributed by atoms with E-state index in [0.717, 1.165) is 17.7 Å². The van der Waals surface area contributed by atoms with Crippen LogP contribution in [-0.4, -0.2) is 15.0 Å². The highest BCUT2D eigenvalue weighted by Crippen LogP contribution is 2.31. The highest BCUT2D eigenvalue weighted by molar-refractivity contribution is 5.63. The molecule has 3 heterocycles. The van der Waals surface area contributed by atoms with E-state index in [0.29, 0.717) is 0 Å². The average molecular weight is 337 g/mol. The Bertz CT molecular complexity index is 915. The number of benzene rings is 1. The highest BCUT2D eigenvalue weighted by atomic mass is 14.7. The highest BCUT2D eigenvalue weighted by Gasteiger charge is 2.18. The second kappa shape index (κ2) is 7.70. The van der Waals surface area contributed by atoms with E-state index >= 15 is 0 Å². The van der Waals surface area contributed by atoms with Gasteiger partial charge in [-0.05, 0) is 41.3 Å². The number of pyridine rings is 3. The van der Waals surface area contributed by atoms with Gasteiger partial charge in [0.1, 0.15) is 0 Å². The van der Waals surface area contributed by atoms with Crippen molar-refractivity contribution in [3.05, 3.63) is 114 Å². The molecule has 126 valence electrons. The van der Waals surface area contributed by atoms with Gasteiger partial charge in [0.05, 0.1) is 5.69 Å². The zero-order valence-electron chi connectivity index (χ0n) is 14.4. The van der Waals surface area contributed by atoms with E-state index < -0.39 is 0 Å². The summed E-state index contributed by atoms with van der Waals surface area (Å²) in [6, 6.07) is 22.7. The molecule has 0 fully saturated rings. The van der Waals surface area contributed by atoms with Crippen molar-refractivity contribution < 1.29 is 0 Å². The lowest BCUT2D eigenvalue weighted by molar-refractivity contribution is 0.792. The van der Waals surface area contributed by atoms with Crippen LogP contribution in [0.1, 0.15) is 22.6 Å². The minimum Gasteiger partial charge on any atom is -0.264 e. The van der Waals surface area contributed by atoms with Crippen LogP contribution in [0.15, 0.2) is 97.7 Å². The molecule has 3 nitrogen and oxygen atoms in total. The van der Waals surface area contributed by atoms with Crippen molar-refractivity contribution in [2.24, 2.45) is 0 Å². The van der Waals surface area contributed by atoms with Gasteiger partial charge >= 0.3 is 0 Å². The van der Waals surface area contributed by atoms with Gasteiger partial charge in [-0.2, -0.15) is 0 Å². The standard InChI is InChI=1S/C23H19N3/c1-2-7-18(8-3-1)23-19(9-6-14-26-23)15-22(20-10-4-12-24-16-20)21-11-5-13-25-17-21/h1-14,16-17,22H,15H2. The smallest absolute Gasteiger partial charge is 0.0734 e. The first kappa shape index (κ1) is 16.2. The van der Waals surface area contributed by atoms with Crippen molar-refractivity contribution in [1.82, 2.24) is 15.0 Å². The molecular weight excluding hydrogens is 318 g/mol. The second-order valence-corrected chi connectivity index (χ2v) is 6.21. The van der Waals surface area contributed by atoms with Crippen molar-refractivity contribution >= 4 is 0 Å². The quantitative estimate of drug-likeness (QED) is 0.519. The van der Waals surface area contributed by atoms with E-state index in [9.17, 15) is 0 Å². The monoisotopic (exact) mass is 337 g/mol. The Morgan fingerprint density at radius 2 is 1.31 bits per heavy atom. The van der Waals surface area contributed by atoms with Crippen LogP contribution >= 0.6 is 0 Å². The maximum atomic E-state index is 4.66. The molecule has 0 saturated heterocycles. The fourth-order valence-electron chi connectivity index (χ4n) is 3.27. The first-order chi connectivity index (χ1) is 12.9. The third-order valence-corrected chi connectivity index (χ3v) is 4.54. The Morgan fingerprint density at radius 3 is 1.92 bits per heavy atom. The molecule has 4 rings (SSSR count). The number of aromatic nitrogens is 3. The maximum Gasteiger partial charge on any atom is 0.0734 e. The molecule has 0 bridgehead atoms. The molecule has 0 aliphatic rings. The van der Waals surface area contributed by atoms with Gasteiger partial charge < -0.3 is 0 Å². The fraction of sp³-hybridized carbons (Fsp3) is 0.0870. The molecule has 0 aliphatic carbocycles. The topological polar surface area (TPSA) is 38.7 Å². The summed E-state index contributed by atoms with van der Waals surface area (Å²) in [5.41, 5.74) is 5.76. The van der Waals surface area contributed by atoms with Crippen molar-refractivity contribution in [2.75, 3.05) is 0 Å². The van der Waals surface area contributed by atoms with Crippen LogP contribution < -0.4 is 0 Å². The van der Waals surface area contributed by atoms with Gasteiger partial charge in [-0.1, -0.05) is 48.5 Å². The number of hydrogen-bond donors (Lipinski definition) is 0. The molecule has 0 unspecified atom stereocenters. The van der Waals surface area contributed by atoms with Crippen molar-refractivity contribution in [3.8, 4) is 11.3 Å². The van der Waals surface area contributed by atoms with Crippen LogP contribution in [0.25, 0.3) is 11.3 Å². The third-order valence-electron chi connectivity index (χ3n) is 4.54. The molecule has 4 aromatic rings. The van der Waals surface area contributed by atoms with Crippen LogP contribution in [-0.2, 0) is 6.42 Å². The number of nitrogens with zero attached hydrogens (tertiary/aromatic N) is 3. The largest absolute Gasteiger partial charge is 0.264 e. The summed E-state index contributed by atoms with van der Waals surface area (Å²) in [5, 5.41) is 0. The summed E-state index contributed by atoms with van der Waals surface area (Å²) in [7, 11) is 0. The van der Waals surface area contributed by atoms with Crippen molar-refractivity contribution in [3.63, 3.8) is 0 Å². The molecule has 0 spiro atoms.